The quantitative estimate of drug-likeness (QED) is 0.262. The number of halogens is 8. The van der Waals surface area contributed by atoms with Gasteiger partial charge in [0.05, 0.1) is 23.4 Å². The highest BCUT2D eigenvalue weighted by molar-refractivity contribution is 5.97. The monoisotopic (exact) mass is 653 g/mol. The Labute approximate surface area is 260 Å². The van der Waals surface area contributed by atoms with Gasteiger partial charge in [-0.2, -0.15) is 26.3 Å². The third-order valence-corrected chi connectivity index (χ3v) is 8.70. The minimum atomic E-state index is -4.92. The third kappa shape index (κ3) is 7.13. The molecule has 1 heterocycles. The van der Waals surface area contributed by atoms with Crippen LogP contribution < -0.4 is 10.6 Å². The lowest BCUT2D eigenvalue weighted by atomic mass is 9.78. The Balaban J connectivity index is 1.57. The van der Waals surface area contributed by atoms with Gasteiger partial charge >= 0.3 is 12.4 Å². The van der Waals surface area contributed by atoms with Gasteiger partial charge in [-0.05, 0) is 73.7 Å². The number of piperidine rings is 1. The first-order valence-corrected chi connectivity index (χ1v) is 14.8. The van der Waals surface area contributed by atoms with Crippen molar-refractivity contribution in [1.82, 2.24) is 4.90 Å². The Morgan fingerprint density at radius 1 is 0.848 bits per heavy atom. The molecule has 3 atom stereocenters. The van der Waals surface area contributed by atoms with Crippen LogP contribution in [0.5, 0.6) is 0 Å². The average Bonchev–Trinajstić information content (AvgIpc) is 3.50. The fourth-order valence-corrected chi connectivity index (χ4v) is 6.36. The summed E-state index contributed by atoms with van der Waals surface area (Å²) in [7, 11) is 0. The molecule has 2 fully saturated rings. The lowest BCUT2D eigenvalue weighted by Crippen LogP contribution is -2.52. The second kappa shape index (κ2) is 12.9. The zero-order valence-corrected chi connectivity index (χ0v) is 24.6. The van der Waals surface area contributed by atoms with E-state index in [4.69, 9.17) is 0 Å². The van der Waals surface area contributed by atoms with E-state index in [0.717, 1.165) is 49.9 Å². The highest BCUT2D eigenvalue weighted by Gasteiger charge is 2.52. The largest absolute Gasteiger partial charge is 0.416 e. The molecule has 46 heavy (non-hydrogen) atoms. The van der Waals surface area contributed by atoms with Gasteiger partial charge in [-0.15, -0.1) is 0 Å². The lowest BCUT2D eigenvalue weighted by Gasteiger charge is -2.45. The van der Waals surface area contributed by atoms with Gasteiger partial charge in [0.25, 0.3) is 5.91 Å². The predicted octanol–water partition coefficient (Wildman–Crippen LogP) is 8.67. The van der Waals surface area contributed by atoms with Gasteiger partial charge in [-0.3, -0.25) is 9.59 Å². The molecule has 1 aliphatic heterocycles. The molecule has 5 rings (SSSR count). The zero-order chi connectivity index (χ0) is 33.4. The average molecular weight is 654 g/mol. The fraction of sp³-hybridized carbons (Fsp3) is 0.394. The molecular formula is C33H31F8N3O2. The Morgan fingerprint density at radius 3 is 2.04 bits per heavy atom. The summed E-state index contributed by atoms with van der Waals surface area (Å²) in [6.45, 7) is 0.214. The normalized spacial score (nSPS) is 20.9. The van der Waals surface area contributed by atoms with Gasteiger partial charge in [0.15, 0.2) is 0 Å². The van der Waals surface area contributed by atoms with E-state index >= 15 is 0 Å². The summed E-state index contributed by atoms with van der Waals surface area (Å²) in [5, 5.41) is 5.66. The summed E-state index contributed by atoms with van der Waals surface area (Å²) < 4.78 is 113. The van der Waals surface area contributed by atoms with Crippen molar-refractivity contribution in [3.05, 3.63) is 94.6 Å². The molecule has 0 radical (unpaired) electrons. The van der Waals surface area contributed by atoms with E-state index in [-0.39, 0.29) is 22.9 Å². The molecule has 0 bridgehead atoms. The van der Waals surface area contributed by atoms with Crippen LogP contribution in [0.1, 0.15) is 65.2 Å². The van der Waals surface area contributed by atoms with Crippen molar-refractivity contribution in [2.45, 2.75) is 63.5 Å². The number of nitrogens with one attached hydrogen (secondary N) is 2. The molecule has 13 heteroatoms. The van der Waals surface area contributed by atoms with Crippen molar-refractivity contribution < 1.29 is 44.7 Å². The minimum Gasteiger partial charge on any atom is -0.382 e. The zero-order valence-electron chi connectivity index (χ0n) is 24.6. The van der Waals surface area contributed by atoms with Gasteiger partial charge in [0, 0.05) is 24.0 Å². The number of carbonyl (C=O) groups is 2. The van der Waals surface area contributed by atoms with Gasteiger partial charge in [-0.25, -0.2) is 8.78 Å². The van der Waals surface area contributed by atoms with Crippen molar-refractivity contribution in [3.63, 3.8) is 0 Å². The number of likely N-dealkylation sites (tertiary alicyclic amines) is 1. The molecule has 0 spiro atoms. The molecule has 0 aromatic heterocycles. The summed E-state index contributed by atoms with van der Waals surface area (Å²) in [6, 6.07) is 10.6. The Morgan fingerprint density at radius 2 is 1.46 bits per heavy atom. The van der Waals surface area contributed by atoms with Crippen molar-refractivity contribution >= 4 is 23.2 Å². The summed E-state index contributed by atoms with van der Waals surface area (Å²) >= 11 is 0. The van der Waals surface area contributed by atoms with Crippen LogP contribution in [0.15, 0.2) is 60.7 Å². The second-order valence-corrected chi connectivity index (χ2v) is 11.8. The van der Waals surface area contributed by atoms with E-state index in [0.29, 0.717) is 16.7 Å². The summed E-state index contributed by atoms with van der Waals surface area (Å²) in [4.78, 5) is 28.1. The topological polar surface area (TPSA) is 61.4 Å². The van der Waals surface area contributed by atoms with E-state index < -0.39 is 77.8 Å². The highest BCUT2D eigenvalue weighted by atomic mass is 19.4. The molecule has 5 nitrogen and oxygen atoms in total. The van der Waals surface area contributed by atoms with Crippen LogP contribution in [0.25, 0.3) is 0 Å². The van der Waals surface area contributed by atoms with Crippen molar-refractivity contribution in [2.24, 2.45) is 11.8 Å². The number of aryl methyl sites for hydroxylation is 1. The van der Waals surface area contributed by atoms with E-state index in [1.165, 1.54) is 25.1 Å². The number of rotatable bonds is 6. The fourth-order valence-electron chi connectivity index (χ4n) is 6.36. The number of alkyl halides is 6. The molecule has 246 valence electrons. The SMILES string of the molecule is Cc1ccc(NC(=O)[C@H]2C[C@@H](C(F)(F)F)CN(C(=O)c3c(F)cccc3F)[C@H]2c2ccc(NC3CCCC3)cc2)cc1C(F)(F)F. The molecule has 2 N–H and O–H groups in total. The van der Waals surface area contributed by atoms with Gasteiger partial charge in [-0.1, -0.05) is 37.1 Å². The number of benzene rings is 3. The van der Waals surface area contributed by atoms with Gasteiger partial charge in [0.2, 0.25) is 5.91 Å². The maximum Gasteiger partial charge on any atom is 0.416 e. The molecule has 1 saturated carbocycles. The Kier molecular flexibility index (Phi) is 9.33. The second-order valence-electron chi connectivity index (χ2n) is 11.8. The summed E-state index contributed by atoms with van der Waals surface area (Å²) in [5.74, 6) is -9.01. The third-order valence-electron chi connectivity index (χ3n) is 8.70. The van der Waals surface area contributed by atoms with E-state index in [1.807, 2.05) is 0 Å². The number of hydrogen-bond donors (Lipinski definition) is 2. The van der Waals surface area contributed by atoms with E-state index in [9.17, 15) is 44.7 Å². The van der Waals surface area contributed by atoms with Crippen LogP contribution in [-0.4, -0.2) is 35.5 Å². The van der Waals surface area contributed by atoms with Crippen LogP contribution >= 0.6 is 0 Å². The van der Waals surface area contributed by atoms with Crippen LogP contribution in [0.4, 0.5) is 46.5 Å². The first-order valence-electron chi connectivity index (χ1n) is 14.8. The van der Waals surface area contributed by atoms with E-state index in [2.05, 4.69) is 10.6 Å². The molecule has 2 amide bonds. The van der Waals surface area contributed by atoms with Gasteiger partial charge < -0.3 is 15.5 Å². The Hall–Kier alpha value is -4.16. The molecular weight excluding hydrogens is 622 g/mol. The lowest BCUT2D eigenvalue weighted by molar-refractivity contribution is -0.193. The molecule has 3 aromatic rings. The predicted molar refractivity (Wildman–Crippen MR) is 155 cm³/mol. The summed E-state index contributed by atoms with van der Waals surface area (Å²) in [5.41, 5.74) is -1.67. The molecule has 1 saturated heterocycles. The maximum absolute atomic E-state index is 14.8. The smallest absolute Gasteiger partial charge is 0.382 e. The van der Waals surface area contributed by atoms with Crippen LogP contribution in [0.2, 0.25) is 0 Å². The first kappa shape index (κ1) is 33.2. The number of amides is 2. The van der Waals surface area contributed by atoms with Crippen LogP contribution in [0, 0.1) is 30.4 Å². The van der Waals surface area contributed by atoms with Crippen molar-refractivity contribution in [3.8, 4) is 0 Å². The number of anilines is 2. The standard InChI is InChI=1S/C33H31F8N3O2/c1-18-9-12-23(16-25(18)33(39,40)41)43-30(45)24-15-20(32(36,37)38)17-44(31(46)28-26(34)7-4-8-27(28)35)29(24)19-10-13-22(14-11-19)42-21-5-2-3-6-21/h4,7-14,16,20-21,24,29,42H,2-3,5-6,15,17H2,1H3,(H,43,45)/t20-,24+,29+/m1/s1. The highest BCUT2D eigenvalue weighted by Crippen LogP contribution is 2.45. The first-order chi connectivity index (χ1) is 21.6. The van der Waals surface area contributed by atoms with Gasteiger partial charge in [0.1, 0.15) is 17.2 Å². The number of carbonyl (C=O) groups excluding carboxylic acids is 2. The van der Waals surface area contributed by atoms with Crippen LogP contribution in [-0.2, 0) is 11.0 Å². The van der Waals surface area contributed by atoms with Crippen molar-refractivity contribution in [2.75, 3.05) is 17.2 Å². The number of nitrogens with zero attached hydrogens (tertiary/aromatic N) is 1. The molecule has 1 aliphatic carbocycles. The molecule has 2 aliphatic rings. The number of hydrogen-bond acceptors (Lipinski definition) is 3. The minimum absolute atomic E-state index is 0.131. The van der Waals surface area contributed by atoms with Crippen molar-refractivity contribution in [1.29, 1.82) is 0 Å². The molecule has 0 unspecified atom stereocenters. The Bertz CT molecular complexity index is 1560. The van der Waals surface area contributed by atoms with E-state index in [1.54, 1.807) is 12.1 Å². The maximum atomic E-state index is 14.8. The molecule has 3 aromatic carbocycles. The summed E-state index contributed by atoms with van der Waals surface area (Å²) in [6.07, 6.45) is -6.48. The van der Waals surface area contributed by atoms with Crippen LogP contribution in [0.3, 0.4) is 0 Å².